The first-order valence-corrected chi connectivity index (χ1v) is 13.2. The molecule has 3 amide bonds. The first-order valence-electron chi connectivity index (χ1n) is 12.3. The lowest BCUT2D eigenvalue weighted by molar-refractivity contribution is -0.125. The average Bonchev–Trinajstić information content (AvgIpc) is 3.20. The highest BCUT2D eigenvalue weighted by atomic mass is 32.2. The van der Waals surface area contributed by atoms with Crippen LogP contribution < -0.4 is 10.6 Å². The summed E-state index contributed by atoms with van der Waals surface area (Å²) in [7, 11) is 1.63. The molecule has 0 spiro atoms. The van der Waals surface area contributed by atoms with Crippen molar-refractivity contribution < 1.29 is 19.1 Å². The van der Waals surface area contributed by atoms with Crippen molar-refractivity contribution in [3.05, 3.63) is 29.8 Å². The molecule has 2 heterocycles. The van der Waals surface area contributed by atoms with Gasteiger partial charge in [-0.1, -0.05) is 44.2 Å². The van der Waals surface area contributed by atoms with Gasteiger partial charge >= 0.3 is 0 Å². The van der Waals surface area contributed by atoms with Crippen LogP contribution in [0.15, 0.2) is 34.3 Å². The van der Waals surface area contributed by atoms with Gasteiger partial charge in [-0.25, -0.2) is 9.89 Å². The molecule has 0 bridgehead atoms. The van der Waals surface area contributed by atoms with Crippen LogP contribution in [0.4, 0.5) is 5.69 Å². The number of nitrogens with one attached hydrogen (secondary N) is 2. The number of benzene rings is 1. The number of para-hydroxylation sites is 1. The summed E-state index contributed by atoms with van der Waals surface area (Å²) >= 11 is 1.27. The summed E-state index contributed by atoms with van der Waals surface area (Å²) in [4.78, 5) is 49.3. The molecule has 0 radical (unpaired) electrons. The zero-order valence-corrected chi connectivity index (χ0v) is 21.5. The molecule has 2 aliphatic rings. The standard InChI is InChI=1S/C25H35N5O4S/c1-4-6-14-26-21(31)13-12-19-24(33)30-22(28-19)17-10-7-8-11-18(17)29-25(30)35-20(5-2)23(32)27-15-9-16-34-3/h7-8,10-11,19-20H,4-6,9,12-16H2,1-3H3,(H,26,31)(H,27,32)/t19-,20-/m1/s1. The highest BCUT2D eigenvalue weighted by Gasteiger charge is 2.42. The van der Waals surface area contributed by atoms with Crippen molar-refractivity contribution in [1.82, 2.24) is 15.5 Å². The van der Waals surface area contributed by atoms with Crippen molar-refractivity contribution in [2.75, 3.05) is 26.8 Å². The summed E-state index contributed by atoms with van der Waals surface area (Å²) in [5.41, 5.74) is 1.49. The van der Waals surface area contributed by atoms with E-state index >= 15 is 0 Å². The summed E-state index contributed by atoms with van der Waals surface area (Å²) in [5, 5.41) is 5.87. The number of carbonyl (C=O) groups is 3. The molecule has 0 aliphatic carbocycles. The minimum atomic E-state index is -0.651. The normalized spacial score (nSPS) is 17.3. The van der Waals surface area contributed by atoms with Gasteiger partial charge in [0, 0.05) is 38.8 Å². The Kier molecular flexibility index (Phi) is 10.3. The molecule has 2 aliphatic heterocycles. The molecule has 2 atom stereocenters. The predicted molar refractivity (Wildman–Crippen MR) is 139 cm³/mol. The zero-order valence-electron chi connectivity index (χ0n) is 20.7. The van der Waals surface area contributed by atoms with Crippen LogP contribution in [-0.2, 0) is 19.1 Å². The third-order valence-corrected chi connectivity index (χ3v) is 7.10. The van der Waals surface area contributed by atoms with E-state index < -0.39 is 11.3 Å². The van der Waals surface area contributed by atoms with E-state index in [1.54, 1.807) is 7.11 Å². The predicted octanol–water partition coefficient (Wildman–Crippen LogP) is 3.01. The number of aliphatic imine (C=N–C) groups is 2. The molecular formula is C25H35N5O4S. The molecule has 1 aromatic carbocycles. The molecule has 0 aromatic heterocycles. The highest BCUT2D eigenvalue weighted by molar-refractivity contribution is 8.15. The van der Waals surface area contributed by atoms with Crippen molar-refractivity contribution in [1.29, 1.82) is 0 Å². The SMILES string of the molecule is CCCCNC(=O)CC[C@H]1N=C2c3ccccc3N=C(S[C@H](CC)C(=O)NCCCOC)N2C1=O. The Morgan fingerprint density at radius 2 is 1.94 bits per heavy atom. The Hall–Kier alpha value is -2.72. The van der Waals surface area contributed by atoms with Crippen molar-refractivity contribution in [2.45, 2.75) is 63.7 Å². The Morgan fingerprint density at radius 3 is 2.69 bits per heavy atom. The second kappa shape index (κ2) is 13.4. The van der Waals surface area contributed by atoms with Crippen LogP contribution in [0, 0.1) is 0 Å². The Bertz CT molecular complexity index is 980. The maximum atomic E-state index is 13.4. The number of hydrogen-bond donors (Lipinski definition) is 2. The summed E-state index contributed by atoms with van der Waals surface area (Å²) in [5.74, 6) is 0.157. The minimum Gasteiger partial charge on any atom is -0.385 e. The van der Waals surface area contributed by atoms with Gasteiger partial charge in [-0.2, -0.15) is 0 Å². The summed E-state index contributed by atoms with van der Waals surface area (Å²) < 4.78 is 5.04. The van der Waals surface area contributed by atoms with Crippen LogP contribution in [0.2, 0.25) is 0 Å². The van der Waals surface area contributed by atoms with E-state index in [1.807, 2.05) is 31.2 Å². The van der Waals surface area contributed by atoms with Crippen LogP contribution in [-0.4, -0.2) is 71.7 Å². The average molecular weight is 502 g/mol. The first-order chi connectivity index (χ1) is 17.0. The fourth-order valence-electron chi connectivity index (χ4n) is 3.82. The summed E-state index contributed by atoms with van der Waals surface area (Å²) in [6.45, 7) is 5.75. The zero-order chi connectivity index (χ0) is 25.2. The van der Waals surface area contributed by atoms with Gasteiger partial charge in [-0.3, -0.25) is 19.4 Å². The molecule has 10 heteroatoms. The summed E-state index contributed by atoms with van der Waals surface area (Å²) in [6.07, 6.45) is 3.80. The van der Waals surface area contributed by atoms with Crippen LogP contribution in [0.5, 0.6) is 0 Å². The number of ether oxygens (including phenoxy) is 1. The van der Waals surface area contributed by atoms with Crippen molar-refractivity contribution >= 4 is 46.2 Å². The van der Waals surface area contributed by atoms with Crippen molar-refractivity contribution in [3.8, 4) is 0 Å². The lowest BCUT2D eigenvalue weighted by atomic mass is 10.1. The van der Waals surface area contributed by atoms with E-state index in [1.165, 1.54) is 16.7 Å². The molecule has 3 rings (SSSR count). The number of amides is 3. The molecule has 35 heavy (non-hydrogen) atoms. The smallest absolute Gasteiger partial charge is 0.259 e. The Morgan fingerprint density at radius 1 is 1.17 bits per heavy atom. The second-order valence-electron chi connectivity index (χ2n) is 8.45. The molecule has 0 unspecified atom stereocenters. The molecule has 0 saturated carbocycles. The molecule has 0 fully saturated rings. The van der Waals surface area contributed by atoms with Crippen molar-refractivity contribution in [2.24, 2.45) is 9.98 Å². The highest BCUT2D eigenvalue weighted by Crippen LogP contribution is 2.35. The minimum absolute atomic E-state index is 0.0730. The number of hydrogen-bond acceptors (Lipinski definition) is 7. The number of thioether (sulfide) groups is 1. The van der Waals surface area contributed by atoms with E-state index in [0.717, 1.165) is 24.8 Å². The number of amidine groups is 2. The van der Waals surface area contributed by atoms with Gasteiger partial charge in [-0.15, -0.1) is 0 Å². The van der Waals surface area contributed by atoms with Crippen LogP contribution in [0.1, 0.15) is 57.9 Å². The number of rotatable bonds is 13. The number of unbranched alkanes of at least 4 members (excludes halogenated alkanes) is 1. The Balaban J connectivity index is 1.74. The quantitative estimate of drug-likeness (QED) is 0.404. The van der Waals surface area contributed by atoms with Gasteiger partial charge in [0.25, 0.3) is 5.91 Å². The fraction of sp³-hybridized carbons (Fsp3) is 0.560. The van der Waals surface area contributed by atoms with Crippen molar-refractivity contribution in [3.63, 3.8) is 0 Å². The number of carbonyl (C=O) groups excluding carboxylic acids is 3. The molecular weight excluding hydrogens is 466 g/mol. The maximum Gasteiger partial charge on any atom is 0.259 e. The van der Waals surface area contributed by atoms with E-state index in [-0.39, 0.29) is 24.1 Å². The topological polar surface area (TPSA) is 112 Å². The van der Waals surface area contributed by atoms with E-state index in [9.17, 15) is 14.4 Å². The van der Waals surface area contributed by atoms with Gasteiger partial charge in [0.2, 0.25) is 11.8 Å². The summed E-state index contributed by atoms with van der Waals surface area (Å²) in [6, 6.07) is 6.88. The lowest BCUT2D eigenvalue weighted by Crippen LogP contribution is -2.43. The first kappa shape index (κ1) is 26.9. The van der Waals surface area contributed by atoms with Crippen LogP contribution in [0.3, 0.4) is 0 Å². The Labute approximate surface area is 211 Å². The third-order valence-electron chi connectivity index (χ3n) is 5.78. The number of methoxy groups -OCH3 is 1. The second-order valence-corrected chi connectivity index (χ2v) is 9.62. The van der Waals surface area contributed by atoms with Gasteiger partial charge in [0.1, 0.15) is 11.9 Å². The van der Waals surface area contributed by atoms with E-state index in [0.29, 0.717) is 49.2 Å². The monoisotopic (exact) mass is 501 g/mol. The van der Waals surface area contributed by atoms with Gasteiger partial charge in [0.15, 0.2) is 5.17 Å². The molecule has 0 saturated heterocycles. The van der Waals surface area contributed by atoms with Gasteiger partial charge < -0.3 is 15.4 Å². The number of fused-ring (bicyclic) bond motifs is 3. The largest absolute Gasteiger partial charge is 0.385 e. The van der Waals surface area contributed by atoms with E-state index in [2.05, 4.69) is 17.6 Å². The molecule has 190 valence electrons. The van der Waals surface area contributed by atoms with Crippen LogP contribution >= 0.6 is 11.8 Å². The molecule has 9 nitrogen and oxygen atoms in total. The maximum absolute atomic E-state index is 13.4. The number of nitrogens with zero attached hydrogens (tertiary/aromatic N) is 3. The van der Waals surface area contributed by atoms with Gasteiger partial charge in [0.05, 0.1) is 10.9 Å². The molecule has 1 aromatic rings. The van der Waals surface area contributed by atoms with E-state index in [4.69, 9.17) is 14.7 Å². The van der Waals surface area contributed by atoms with Crippen LogP contribution in [0.25, 0.3) is 0 Å². The lowest BCUT2D eigenvalue weighted by Gasteiger charge is -2.27. The molecule has 2 N–H and O–H groups in total. The fourth-order valence-corrected chi connectivity index (χ4v) is 4.87. The third kappa shape index (κ3) is 6.91. The van der Waals surface area contributed by atoms with Gasteiger partial charge in [-0.05, 0) is 37.8 Å².